The van der Waals surface area contributed by atoms with Crippen LogP contribution in [-0.2, 0) is 4.74 Å². The number of imide groups is 1. The minimum Gasteiger partial charge on any atom is -0.388 e. The Labute approximate surface area is 165 Å². The third-order valence-electron chi connectivity index (χ3n) is 5.33. The predicted molar refractivity (Wildman–Crippen MR) is 104 cm³/mol. The highest BCUT2D eigenvalue weighted by molar-refractivity contribution is 5.96. The number of aliphatic hydroxyl groups excluding tert-OH is 1. The van der Waals surface area contributed by atoms with Gasteiger partial charge in [0.2, 0.25) is 0 Å². The third-order valence-corrected chi connectivity index (χ3v) is 5.33. The normalized spacial score (nSPS) is 21.4. The van der Waals surface area contributed by atoms with E-state index in [0.717, 1.165) is 11.1 Å². The minimum absolute atomic E-state index is 0.117. The number of ether oxygens (including phenoxy) is 1. The van der Waals surface area contributed by atoms with Crippen LogP contribution in [0.25, 0.3) is 0 Å². The lowest BCUT2D eigenvalue weighted by molar-refractivity contribution is 0.0492. The van der Waals surface area contributed by atoms with E-state index in [-0.39, 0.29) is 18.0 Å². The summed E-state index contributed by atoms with van der Waals surface area (Å²) < 4.78 is 5.30. The van der Waals surface area contributed by atoms with Crippen molar-refractivity contribution >= 4 is 12.1 Å². The number of carbonyl (C=O) groups is 2. The molecule has 0 aromatic heterocycles. The monoisotopic (exact) mass is 390 g/mol. The van der Waals surface area contributed by atoms with Crippen LogP contribution in [0.2, 0.25) is 0 Å². The molecule has 0 bridgehead atoms. The number of carbonyl (C=O) groups excluding carboxylic acids is 2. The molecular weight excluding hydrogens is 360 g/mol. The van der Waals surface area contributed by atoms with Gasteiger partial charge in [0.15, 0.2) is 6.29 Å². The van der Waals surface area contributed by atoms with Gasteiger partial charge in [-0.3, -0.25) is 5.32 Å². The molecule has 28 heavy (non-hydrogen) atoms. The van der Waals surface area contributed by atoms with E-state index >= 15 is 0 Å². The zero-order chi connectivity index (χ0) is 20.3. The van der Waals surface area contributed by atoms with Crippen LogP contribution in [0.5, 0.6) is 0 Å². The third kappa shape index (κ3) is 4.63. The Balaban J connectivity index is 1.62. The van der Waals surface area contributed by atoms with Crippen molar-refractivity contribution in [1.29, 1.82) is 0 Å². The van der Waals surface area contributed by atoms with Crippen molar-refractivity contribution in [2.24, 2.45) is 5.92 Å². The molecule has 2 fully saturated rings. The summed E-state index contributed by atoms with van der Waals surface area (Å²) in [4.78, 5) is 26.2. The van der Waals surface area contributed by atoms with Crippen molar-refractivity contribution in [3.05, 3.63) is 35.4 Å². The van der Waals surface area contributed by atoms with E-state index in [0.29, 0.717) is 26.1 Å². The Morgan fingerprint density at radius 2 is 1.71 bits per heavy atom. The van der Waals surface area contributed by atoms with Gasteiger partial charge in [0.25, 0.3) is 0 Å². The molecule has 0 radical (unpaired) electrons. The Morgan fingerprint density at radius 3 is 2.32 bits per heavy atom. The van der Waals surface area contributed by atoms with Crippen LogP contribution in [-0.4, -0.2) is 47.6 Å². The SMILES string of the molecule is CC(C)[C@H](O)c1cccc([C@H](C)NC2NC(=O)N(C3CCOCC3)C(=O)N2)c1. The zero-order valence-electron chi connectivity index (χ0n) is 16.6. The van der Waals surface area contributed by atoms with Crippen LogP contribution in [0, 0.1) is 5.92 Å². The summed E-state index contributed by atoms with van der Waals surface area (Å²) in [5, 5.41) is 19.1. The van der Waals surface area contributed by atoms with Gasteiger partial charge in [0.05, 0.1) is 6.10 Å². The highest BCUT2D eigenvalue weighted by Crippen LogP contribution is 2.24. The smallest absolute Gasteiger partial charge is 0.328 e. The van der Waals surface area contributed by atoms with E-state index < -0.39 is 24.5 Å². The zero-order valence-corrected chi connectivity index (χ0v) is 16.6. The average molecular weight is 390 g/mol. The van der Waals surface area contributed by atoms with E-state index in [1.165, 1.54) is 4.90 Å². The Bertz CT molecular complexity index is 687. The maximum absolute atomic E-state index is 12.5. The maximum Gasteiger partial charge on any atom is 0.328 e. The summed E-state index contributed by atoms with van der Waals surface area (Å²) in [5.41, 5.74) is 1.82. The molecule has 1 aromatic rings. The number of nitrogens with zero attached hydrogens (tertiary/aromatic N) is 1. The number of hydrogen-bond donors (Lipinski definition) is 4. The van der Waals surface area contributed by atoms with Crippen molar-refractivity contribution in [3.63, 3.8) is 0 Å². The summed E-state index contributed by atoms with van der Waals surface area (Å²) in [5.74, 6) is 0.117. The molecule has 2 heterocycles. The maximum atomic E-state index is 12.5. The van der Waals surface area contributed by atoms with Gasteiger partial charge in [0.1, 0.15) is 0 Å². The van der Waals surface area contributed by atoms with Crippen molar-refractivity contribution < 1.29 is 19.4 Å². The first-order valence-corrected chi connectivity index (χ1v) is 9.88. The molecule has 2 atom stereocenters. The summed E-state index contributed by atoms with van der Waals surface area (Å²) in [6.07, 6.45) is 0.111. The fraction of sp³-hybridized carbons (Fsp3) is 0.600. The predicted octanol–water partition coefficient (Wildman–Crippen LogP) is 2.22. The lowest BCUT2D eigenvalue weighted by Gasteiger charge is -2.39. The topological polar surface area (TPSA) is 103 Å². The number of amides is 4. The number of aliphatic hydroxyl groups is 1. The molecule has 4 N–H and O–H groups in total. The van der Waals surface area contributed by atoms with Crippen LogP contribution < -0.4 is 16.0 Å². The minimum atomic E-state index is -0.662. The van der Waals surface area contributed by atoms with Gasteiger partial charge in [-0.15, -0.1) is 0 Å². The number of nitrogens with one attached hydrogen (secondary N) is 3. The molecule has 8 nitrogen and oxygen atoms in total. The largest absolute Gasteiger partial charge is 0.388 e. The molecule has 1 aromatic carbocycles. The van der Waals surface area contributed by atoms with Crippen molar-refractivity contribution in [2.75, 3.05) is 13.2 Å². The first kappa shape index (κ1) is 20.6. The van der Waals surface area contributed by atoms with Gasteiger partial charge in [-0.05, 0) is 36.8 Å². The fourth-order valence-electron chi connectivity index (χ4n) is 3.62. The van der Waals surface area contributed by atoms with Crippen LogP contribution >= 0.6 is 0 Å². The molecule has 2 aliphatic rings. The van der Waals surface area contributed by atoms with Crippen molar-refractivity contribution in [1.82, 2.24) is 20.9 Å². The van der Waals surface area contributed by atoms with Crippen molar-refractivity contribution in [2.45, 2.75) is 58.1 Å². The first-order valence-electron chi connectivity index (χ1n) is 9.88. The van der Waals surface area contributed by atoms with E-state index in [1.807, 2.05) is 45.0 Å². The van der Waals surface area contributed by atoms with Crippen LogP contribution in [0.1, 0.15) is 56.9 Å². The highest BCUT2D eigenvalue weighted by Gasteiger charge is 2.37. The van der Waals surface area contributed by atoms with Crippen LogP contribution in [0.3, 0.4) is 0 Å². The standard InChI is InChI=1S/C20H30N4O4/c1-12(2)17(25)15-6-4-5-14(11-15)13(3)21-18-22-19(26)24(20(27)23-18)16-7-9-28-10-8-16/h4-6,11-13,16-18,21,25H,7-10H2,1-3H3,(H,22,26)(H,23,27)/t13-,17-/m0/s1. The Hall–Kier alpha value is -2.16. The molecule has 8 heteroatoms. The molecule has 2 saturated heterocycles. The summed E-state index contributed by atoms with van der Waals surface area (Å²) in [7, 11) is 0. The van der Waals surface area contributed by atoms with Gasteiger partial charge in [-0.25, -0.2) is 14.5 Å². The number of hydrogen-bond acceptors (Lipinski definition) is 5. The molecular formula is C20H30N4O4. The quantitative estimate of drug-likeness (QED) is 0.596. The first-order chi connectivity index (χ1) is 13.4. The molecule has 0 aliphatic carbocycles. The van der Waals surface area contributed by atoms with E-state index in [4.69, 9.17) is 4.74 Å². The summed E-state index contributed by atoms with van der Waals surface area (Å²) in [6.45, 7) is 6.99. The molecule has 0 saturated carbocycles. The van der Waals surface area contributed by atoms with E-state index in [9.17, 15) is 14.7 Å². The number of urea groups is 2. The Kier molecular flexibility index (Phi) is 6.53. The van der Waals surface area contributed by atoms with Gasteiger partial charge in [-0.1, -0.05) is 38.1 Å². The molecule has 154 valence electrons. The van der Waals surface area contributed by atoms with Gasteiger partial charge in [0, 0.05) is 25.3 Å². The second kappa shape index (κ2) is 8.89. The fourth-order valence-corrected chi connectivity index (χ4v) is 3.62. The second-order valence-corrected chi connectivity index (χ2v) is 7.79. The average Bonchev–Trinajstić information content (AvgIpc) is 2.67. The van der Waals surface area contributed by atoms with Gasteiger partial charge in [-0.2, -0.15) is 0 Å². The van der Waals surface area contributed by atoms with Gasteiger partial charge < -0.3 is 20.5 Å². The number of rotatable bonds is 6. The van der Waals surface area contributed by atoms with Gasteiger partial charge >= 0.3 is 12.1 Å². The highest BCUT2D eigenvalue weighted by atomic mass is 16.5. The second-order valence-electron chi connectivity index (χ2n) is 7.79. The number of benzene rings is 1. The molecule has 0 unspecified atom stereocenters. The summed E-state index contributed by atoms with van der Waals surface area (Å²) in [6, 6.07) is 6.63. The van der Waals surface area contributed by atoms with Crippen LogP contribution in [0.15, 0.2) is 24.3 Å². The van der Waals surface area contributed by atoms with Crippen LogP contribution in [0.4, 0.5) is 9.59 Å². The molecule has 4 amide bonds. The molecule has 2 aliphatic heterocycles. The molecule has 0 spiro atoms. The van der Waals surface area contributed by atoms with E-state index in [1.54, 1.807) is 0 Å². The lowest BCUT2D eigenvalue weighted by Crippen LogP contribution is -2.70. The summed E-state index contributed by atoms with van der Waals surface area (Å²) >= 11 is 0. The van der Waals surface area contributed by atoms with Crippen molar-refractivity contribution in [3.8, 4) is 0 Å². The molecule has 3 rings (SSSR count). The lowest BCUT2D eigenvalue weighted by atomic mass is 9.96. The van der Waals surface area contributed by atoms with E-state index in [2.05, 4.69) is 16.0 Å². The Morgan fingerprint density at radius 1 is 1.11 bits per heavy atom.